The molecule has 0 saturated carbocycles. The van der Waals surface area contributed by atoms with Gasteiger partial charge in [0.25, 0.3) is 11.7 Å². The van der Waals surface area contributed by atoms with E-state index in [2.05, 4.69) is 21.9 Å². The van der Waals surface area contributed by atoms with Crippen molar-refractivity contribution in [3.63, 3.8) is 0 Å². The van der Waals surface area contributed by atoms with Crippen molar-refractivity contribution in [1.82, 2.24) is 0 Å². The zero-order valence-corrected chi connectivity index (χ0v) is 9.95. The van der Waals surface area contributed by atoms with Crippen LogP contribution in [0.5, 0.6) is 0 Å². The van der Waals surface area contributed by atoms with Gasteiger partial charge in [-0.15, -0.1) is 12.3 Å². The van der Waals surface area contributed by atoms with Crippen LogP contribution in [-0.4, -0.2) is 18.2 Å². The minimum Gasteiger partial charge on any atom is -0.304 e. The molecule has 16 heavy (non-hydrogen) atoms. The monoisotopic (exact) mass is 277 g/mol. The van der Waals surface area contributed by atoms with Crippen molar-refractivity contribution in [3.05, 3.63) is 28.2 Å². The van der Waals surface area contributed by atoms with Crippen LogP contribution in [0.4, 0.5) is 5.69 Å². The molecule has 1 aliphatic heterocycles. The van der Waals surface area contributed by atoms with Gasteiger partial charge in [0.15, 0.2) is 0 Å². The third kappa shape index (κ3) is 1.63. The Morgan fingerprint density at radius 3 is 2.81 bits per heavy atom. The molecule has 0 aliphatic carbocycles. The standard InChI is InChI=1S/C12H8BrNO2/c1-2-3-6-14-10-7-8(13)4-5-9(10)11(15)12(14)16/h1,4-5,7H,3,6H2. The van der Waals surface area contributed by atoms with Crippen molar-refractivity contribution in [2.24, 2.45) is 0 Å². The average Bonchev–Trinajstić information content (AvgIpc) is 2.50. The summed E-state index contributed by atoms with van der Waals surface area (Å²) in [6.07, 6.45) is 5.59. The maximum atomic E-state index is 11.7. The number of amides is 1. The molecule has 4 heteroatoms. The van der Waals surface area contributed by atoms with Crippen LogP contribution in [0.25, 0.3) is 0 Å². The van der Waals surface area contributed by atoms with Gasteiger partial charge in [-0.05, 0) is 18.2 Å². The normalized spacial score (nSPS) is 13.9. The number of anilines is 1. The van der Waals surface area contributed by atoms with Gasteiger partial charge in [0, 0.05) is 17.4 Å². The highest BCUT2D eigenvalue weighted by Gasteiger charge is 2.35. The van der Waals surface area contributed by atoms with Crippen LogP contribution >= 0.6 is 15.9 Å². The highest BCUT2D eigenvalue weighted by atomic mass is 79.9. The van der Waals surface area contributed by atoms with E-state index >= 15 is 0 Å². The van der Waals surface area contributed by atoms with Gasteiger partial charge in [-0.25, -0.2) is 0 Å². The predicted molar refractivity (Wildman–Crippen MR) is 64.3 cm³/mol. The van der Waals surface area contributed by atoms with Gasteiger partial charge in [-0.3, -0.25) is 9.59 Å². The molecule has 0 fully saturated rings. The Labute approximate surface area is 102 Å². The molecule has 0 bridgehead atoms. The first kappa shape index (κ1) is 10.9. The number of fused-ring (bicyclic) bond motifs is 1. The average molecular weight is 278 g/mol. The number of halogens is 1. The molecule has 1 amide bonds. The van der Waals surface area contributed by atoms with Gasteiger partial charge in [0.05, 0.1) is 11.3 Å². The first-order chi connectivity index (χ1) is 7.65. The van der Waals surface area contributed by atoms with Gasteiger partial charge in [0.1, 0.15) is 0 Å². The lowest BCUT2D eigenvalue weighted by Crippen LogP contribution is -2.30. The molecule has 1 aliphatic rings. The summed E-state index contributed by atoms with van der Waals surface area (Å²) in [5, 5.41) is 0. The lowest BCUT2D eigenvalue weighted by atomic mass is 10.1. The van der Waals surface area contributed by atoms with Crippen molar-refractivity contribution >= 4 is 33.3 Å². The minimum absolute atomic E-state index is 0.379. The first-order valence-corrected chi connectivity index (χ1v) is 5.53. The number of benzene rings is 1. The second-order valence-corrected chi connectivity index (χ2v) is 4.32. The number of carbonyl (C=O) groups is 2. The molecular formula is C12H8BrNO2. The lowest BCUT2D eigenvalue weighted by molar-refractivity contribution is -0.114. The summed E-state index contributed by atoms with van der Waals surface area (Å²) in [6, 6.07) is 5.15. The van der Waals surface area contributed by atoms with Gasteiger partial charge >= 0.3 is 0 Å². The largest absolute Gasteiger partial charge is 0.304 e. The second-order valence-electron chi connectivity index (χ2n) is 3.40. The Morgan fingerprint density at radius 2 is 2.12 bits per heavy atom. The summed E-state index contributed by atoms with van der Waals surface area (Å²) in [5.41, 5.74) is 1.09. The molecular weight excluding hydrogens is 270 g/mol. The number of carbonyl (C=O) groups excluding carboxylic acids is 2. The van der Waals surface area contributed by atoms with E-state index in [1.54, 1.807) is 18.2 Å². The molecule has 0 unspecified atom stereocenters. The molecule has 0 aromatic heterocycles. The molecule has 0 saturated heterocycles. The van der Waals surface area contributed by atoms with Crippen LogP contribution in [0.1, 0.15) is 16.8 Å². The minimum atomic E-state index is -0.497. The van der Waals surface area contributed by atoms with Crippen LogP contribution in [-0.2, 0) is 4.79 Å². The van der Waals surface area contributed by atoms with Crippen LogP contribution in [0.3, 0.4) is 0 Å². The molecule has 1 heterocycles. The van der Waals surface area contributed by atoms with Crippen molar-refractivity contribution in [3.8, 4) is 12.3 Å². The van der Waals surface area contributed by atoms with E-state index < -0.39 is 11.7 Å². The third-order valence-electron chi connectivity index (χ3n) is 2.41. The van der Waals surface area contributed by atoms with E-state index in [1.807, 2.05) is 0 Å². The third-order valence-corrected chi connectivity index (χ3v) is 2.91. The molecule has 0 spiro atoms. The fraction of sp³-hybridized carbons (Fsp3) is 0.167. The Hall–Kier alpha value is -1.60. The van der Waals surface area contributed by atoms with Crippen molar-refractivity contribution in [2.75, 3.05) is 11.4 Å². The van der Waals surface area contributed by atoms with Gasteiger partial charge in [-0.1, -0.05) is 15.9 Å². The van der Waals surface area contributed by atoms with E-state index in [0.29, 0.717) is 24.2 Å². The fourth-order valence-electron chi connectivity index (χ4n) is 1.67. The van der Waals surface area contributed by atoms with Gasteiger partial charge in [-0.2, -0.15) is 0 Å². The predicted octanol–water partition coefficient (Wildman–Crippen LogP) is 2.00. The molecule has 0 atom stereocenters. The summed E-state index contributed by atoms with van der Waals surface area (Å²) < 4.78 is 0.833. The van der Waals surface area contributed by atoms with E-state index in [1.165, 1.54) is 4.90 Å². The van der Waals surface area contributed by atoms with Crippen LogP contribution in [0.15, 0.2) is 22.7 Å². The molecule has 80 valence electrons. The van der Waals surface area contributed by atoms with Crippen LogP contribution in [0.2, 0.25) is 0 Å². The molecule has 0 radical (unpaired) electrons. The highest BCUT2D eigenvalue weighted by molar-refractivity contribution is 9.10. The Morgan fingerprint density at radius 1 is 1.38 bits per heavy atom. The number of ketones is 1. The Bertz CT molecular complexity index is 516. The number of nitrogens with zero attached hydrogens (tertiary/aromatic N) is 1. The Kier molecular flexibility index (Phi) is 2.80. The zero-order chi connectivity index (χ0) is 11.7. The summed E-state index contributed by atoms with van der Waals surface area (Å²) in [7, 11) is 0. The van der Waals surface area contributed by atoms with Crippen LogP contribution in [0, 0.1) is 12.3 Å². The van der Waals surface area contributed by atoms with E-state index in [-0.39, 0.29) is 0 Å². The number of hydrogen-bond acceptors (Lipinski definition) is 2. The summed E-state index contributed by atoms with van der Waals surface area (Å²) in [4.78, 5) is 24.7. The molecule has 1 aromatic carbocycles. The summed E-state index contributed by atoms with van der Waals surface area (Å²) >= 11 is 3.31. The van der Waals surface area contributed by atoms with E-state index in [9.17, 15) is 9.59 Å². The molecule has 2 rings (SSSR count). The molecule has 1 aromatic rings. The summed E-state index contributed by atoms with van der Waals surface area (Å²) in [6.45, 7) is 0.379. The molecule has 0 N–H and O–H groups in total. The maximum Gasteiger partial charge on any atom is 0.299 e. The first-order valence-electron chi connectivity index (χ1n) is 4.74. The van der Waals surface area contributed by atoms with Crippen molar-refractivity contribution in [2.45, 2.75) is 6.42 Å². The number of Topliss-reactive ketones (excluding diaryl/α,β-unsaturated/α-hetero) is 1. The second kappa shape index (κ2) is 4.11. The fourth-order valence-corrected chi connectivity index (χ4v) is 2.01. The zero-order valence-electron chi connectivity index (χ0n) is 8.37. The SMILES string of the molecule is C#CCCN1C(=O)C(=O)c2ccc(Br)cc21. The Balaban J connectivity index is 2.44. The highest BCUT2D eigenvalue weighted by Crippen LogP contribution is 2.31. The van der Waals surface area contributed by atoms with Gasteiger partial charge in [0.2, 0.25) is 0 Å². The van der Waals surface area contributed by atoms with Gasteiger partial charge < -0.3 is 4.90 Å². The van der Waals surface area contributed by atoms with E-state index in [0.717, 1.165) is 4.47 Å². The van der Waals surface area contributed by atoms with E-state index in [4.69, 9.17) is 6.42 Å². The van der Waals surface area contributed by atoms with Crippen molar-refractivity contribution < 1.29 is 9.59 Å². The number of terminal acetylenes is 1. The van der Waals surface area contributed by atoms with Crippen LogP contribution < -0.4 is 4.90 Å². The van der Waals surface area contributed by atoms with Crippen molar-refractivity contribution in [1.29, 1.82) is 0 Å². The maximum absolute atomic E-state index is 11.7. The summed E-state index contributed by atoms with van der Waals surface area (Å²) in [5.74, 6) is 1.50. The number of rotatable bonds is 2. The smallest absolute Gasteiger partial charge is 0.299 e. The lowest BCUT2D eigenvalue weighted by Gasteiger charge is -2.14. The topological polar surface area (TPSA) is 37.4 Å². The quantitative estimate of drug-likeness (QED) is 0.613. The number of hydrogen-bond donors (Lipinski definition) is 0. The molecule has 3 nitrogen and oxygen atoms in total.